The number of hydrogen-bond acceptors (Lipinski definition) is 4. The molecule has 0 bridgehead atoms. The van der Waals surface area contributed by atoms with E-state index in [4.69, 9.17) is 0 Å². The smallest absolute Gasteiger partial charge is 0.227 e. The highest BCUT2D eigenvalue weighted by Gasteiger charge is 2.26. The van der Waals surface area contributed by atoms with E-state index < -0.39 is 5.41 Å². The standard InChI is InChI=1S/C13H22N4O/c1-5-6-10-7-11(17-9-16-10)15-8-13(2,3)12(18)14-4/h7,9H,5-6,8H2,1-4H3,(H,14,18)(H,15,16,17). The van der Waals surface area contributed by atoms with Crippen molar-refractivity contribution in [3.05, 3.63) is 18.1 Å². The Labute approximate surface area is 108 Å². The Kier molecular flexibility index (Phi) is 5.07. The topological polar surface area (TPSA) is 66.9 Å². The van der Waals surface area contributed by atoms with Crippen LogP contribution in [0.4, 0.5) is 5.82 Å². The van der Waals surface area contributed by atoms with Crippen LogP contribution in [0.15, 0.2) is 12.4 Å². The van der Waals surface area contributed by atoms with E-state index in [0.29, 0.717) is 6.54 Å². The Bertz CT molecular complexity index is 404. The first-order chi connectivity index (χ1) is 8.49. The largest absolute Gasteiger partial charge is 0.369 e. The van der Waals surface area contributed by atoms with Crippen LogP contribution in [-0.2, 0) is 11.2 Å². The summed E-state index contributed by atoms with van der Waals surface area (Å²) in [5.74, 6) is 0.781. The summed E-state index contributed by atoms with van der Waals surface area (Å²) in [6, 6.07) is 1.93. The molecule has 1 aromatic rings. The molecular formula is C13H22N4O. The maximum absolute atomic E-state index is 11.6. The lowest BCUT2D eigenvalue weighted by Gasteiger charge is -2.23. The molecule has 5 nitrogen and oxygen atoms in total. The van der Waals surface area contributed by atoms with Gasteiger partial charge in [-0.15, -0.1) is 0 Å². The summed E-state index contributed by atoms with van der Waals surface area (Å²) in [4.78, 5) is 20.0. The lowest BCUT2D eigenvalue weighted by Crippen LogP contribution is -2.39. The first-order valence-corrected chi connectivity index (χ1v) is 6.26. The number of rotatable bonds is 6. The Morgan fingerprint density at radius 2 is 2.11 bits per heavy atom. The summed E-state index contributed by atoms with van der Waals surface area (Å²) in [5.41, 5.74) is 0.553. The van der Waals surface area contributed by atoms with Gasteiger partial charge in [-0.3, -0.25) is 4.79 Å². The van der Waals surface area contributed by atoms with E-state index in [0.717, 1.165) is 24.4 Å². The average Bonchev–Trinajstić information content (AvgIpc) is 2.36. The molecule has 0 saturated heterocycles. The minimum Gasteiger partial charge on any atom is -0.369 e. The number of nitrogens with zero attached hydrogens (tertiary/aromatic N) is 2. The molecule has 5 heteroatoms. The quantitative estimate of drug-likeness (QED) is 0.805. The van der Waals surface area contributed by atoms with Crippen molar-refractivity contribution in [1.82, 2.24) is 15.3 Å². The fourth-order valence-electron chi connectivity index (χ4n) is 1.62. The summed E-state index contributed by atoms with van der Waals surface area (Å²) in [5, 5.41) is 5.85. The van der Waals surface area contributed by atoms with E-state index in [2.05, 4.69) is 27.5 Å². The van der Waals surface area contributed by atoms with Gasteiger partial charge in [-0.25, -0.2) is 9.97 Å². The lowest BCUT2D eigenvalue weighted by molar-refractivity contribution is -0.128. The van der Waals surface area contributed by atoms with Gasteiger partial charge in [0.25, 0.3) is 0 Å². The maximum Gasteiger partial charge on any atom is 0.227 e. The molecule has 0 aromatic carbocycles. The number of aromatic nitrogens is 2. The summed E-state index contributed by atoms with van der Waals surface area (Å²) in [6.07, 6.45) is 3.55. The van der Waals surface area contributed by atoms with E-state index in [1.807, 2.05) is 19.9 Å². The average molecular weight is 250 g/mol. The molecule has 0 fully saturated rings. The monoisotopic (exact) mass is 250 g/mol. The molecule has 0 atom stereocenters. The van der Waals surface area contributed by atoms with Crippen LogP contribution in [-0.4, -0.2) is 29.5 Å². The fourth-order valence-corrected chi connectivity index (χ4v) is 1.62. The van der Waals surface area contributed by atoms with Crippen LogP contribution in [0.5, 0.6) is 0 Å². The van der Waals surface area contributed by atoms with Crippen molar-refractivity contribution >= 4 is 11.7 Å². The molecule has 1 aromatic heterocycles. The molecule has 0 spiro atoms. The highest BCUT2D eigenvalue weighted by molar-refractivity contribution is 5.82. The third-order valence-corrected chi connectivity index (χ3v) is 2.78. The van der Waals surface area contributed by atoms with Gasteiger partial charge in [0.2, 0.25) is 5.91 Å². The van der Waals surface area contributed by atoms with Crippen LogP contribution in [0, 0.1) is 5.41 Å². The van der Waals surface area contributed by atoms with E-state index in [1.165, 1.54) is 0 Å². The van der Waals surface area contributed by atoms with Crippen LogP contribution in [0.3, 0.4) is 0 Å². The molecule has 100 valence electrons. The lowest BCUT2D eigenvalue weighted by atomic mass is 9.92. The molecule has 1 amide bonds. The molecule has 1 rings (SSSR count). The van der Waals surface area contributed by atoms with Gasteiger partial charge in [-0.2, -0.15) is 0 Å². The fraction of sp³-hybridized carbons (Fsp3) is 0.615. The minimum absolute atomic E-state index is 0.0119. The van der Waals surface area contributed by atoms with Crippen LogP contribution in [0.1, 0.15) is 32.9 Å². The normalized spacial score (nSPS) is 11.1. The molecule has 0 aliphatic heterocycles. The second-order valence-electron chi connectivity index (χ2n) is 4.96. The zero-order valence-corrected chi connectivity index (χ0v) is 11.6. The van der Waals surface area contributed by atoms with Crippen molar-refractivity contribution in [2.75, 3.05) is 18.9 Å². The first kappa shape index (κ1) is 14.4. The highest BCUT2D eigenvalue weighted by Crippen LogP contribution is 2.16. The van der Waals surface area contributed by atoms with Crippen LogP contribution in [0.2, 0.25) is 0 Å². The number of carbonyl (C=O) groups is 1. The second-order valence-corrected chi connectivity index (χ2v) is 4.96. The van der Waals surface area contributed by atoms with Crippen LogP contribution >= 0.6 is 0 Å². The van der Waals surface area contributed by atoms with Gasteiger partial charge >= 0.3 is 0 Å². The summed E-state index contributed by atoms with van der Waals surface area (Å²) in [7, 11) is 1.65. The highest BCUT2D eigenvalue weighted by atomic mass is 16.2. The van der Waals surface area contributed by atoms with Crippen molar-refractivity contribution in [1.29, 1.82) is 0 Å². The van der Waals surface area contributed by atoms with Crippen molar-refractivity contribution in [2.24, 2.45) is 5.41 Å². The van der Waals surface area contributed by atoms with E-state index >= 15 is 0 Å². The minimum atomic E-state index is -0.468. The molecule has 0 unspecified atom stereocenters. The van der Waals surface area contributed by atoms with Crippen LogP contribution < -0.4 is 10.6 Å². The Hall–Kier alpha value is -1.65. The number of hydrogen-bond donors (Lipinski definition) is 2. The molecule has 1 heterocycles. The van der Waals surface area contributed by atoms with E-state index in [9.17, 15) is 4.79 Å². The van der Waals surface area contributed by atoms with E-state index in [-0.39, 0.29) is 5.91 Å². The van der Waals surface area contributed by atoms with Gasteiger partial charge in [-0.1, -0.05) is 13.3 Å². The van der Waals surface area contributed by atoms with Crippen molar-refractivity contribution in [2.45, 2.75) is 33.6 Å². The van der Waals surface area contributed by atoms with Gasteiger partial charge in [0.1, 0.15) is 12.1 Å². The predicted molar refractivity (Wildman–Crippen MR) is 72.4 cm³/mol. The van der Waals surface area contributed by atoms with Crippen molar-refractivity contribution in [3.63, 3.8) is 0 Å². The number of aryl methyl sites for hydroxylation is 1. The Morgan fingerprint density at radius 3 is 2.72 bits per heavy atom. The SMILES string of the molecule is CCCc1cc(NCC(C)(C)C(=O)NC)ncn1. The molecular weight excluding hydrogens is 228 g/mol. The zero-order valence-electron chi connectivity index (χ0n) is 11.6. The van der Waals surface area contributed by atoms with E-state index in [1.54, 1.807) is 13.4 Å². The van der Waals surface area contributed by atoms with Gasteiger partial charge in [0, 0.05) is 25.4 Å². The molecule has 0 radical (unpaired) electrons. The van der Waals surface area contributed by atoms with Gasteiger partial charge in [-0.05, 0) is 20.3 Å². The molecule has 18 heavy (non-hydrogen) atoms. The molecule has 0 saturated carbocycles. The maximum atomic E-state index is 11.6. The van der Waals surface area contributed by atoms with Crippen molar-refractivity contribution < 1.29 is 4.79 Å². The Balaban J connectivity index is 2.63. The molecule has 0 aliphatic rings. The van der Waals surface area contributed by atoms with Gasteiger partial charge in [0.05, 0.1) is 5.41 Å². The van der Waals surface area contributed by atoms with Crippen LogP contribution in [0.25, 0.3) is 0 Å². The number of anilines is 1. The zero-order chi connectivity index (χ0) is 13.6. The van der Waals surface area contributed by atoms with Gasteiger partial charge in [0.15, 0.2) is 0 Å². The second kappa shape index (κ2) is 6.33. The molecule has 2 N–H and O–H groups in total. The summed E-state index contributed by atoms with van der Waals surface area (Å²) in [6.45, 7) is 6.44. The summed E-state index contributed by atoms with van der Waals surface area (Å²) >= 11 is 0. The molecule has 0 aliphatic carbocycles. The number of nitrogens with one attached hydrogen (secondary N) is 2. The predicted octanol–water partition coefficient (Wildman–Crippen LogP) is 1.61. The van der Waals surface area contributed by atoms with Crippen molar-refractivity contribution in [3.8, 4) is 0 Å². The third-order valence-electron chi connectivity index (χ3n) is 2.78. The Morgan fingerprint density at radius 1 is 1.39 bits per heavy atom. The first-order valence-electron chi connectivity index (χ1n) is 6.26. The third kappa shape index (κ3) is 3.98. The number of amides is 1. The number of carbonyl (C=O) groups excluding carboxylic acids is 1. The van der Waals surface area contributed by atoms with Gasteiger partial charge < -0.3 is 10.6 Å². The summed E-state index contributed by atoms with van der Waals surface area (Å²) < 4.78 is 0.